The highest BCUT2D eigenvalue weighted by molar-refractivity contribution is 9.08. The summed E-state index contributed by atoms with van der Waals surface area (Å²) in [7, 11) is 0. The molecule has 1 nitrogen and oxygen atoms in total. The molecule has 0 heterocycles. The molecule has 0 aliphatic rings. The second-order valence-electron chi connectivity index (χ2n) is 3.58. The van der Waals surface area contributed by atoms with Crippen LogP contribution in [0.15, 0.2) is 12.1 Å². The van der Waals surface area contributed by atoms with Crippen molar-refractivity contribution in [2.45, 2.75) is 32.0 Å². The molecule has 1 aromatic rings. The van der Waals surface area contributed by atoms with Crippen LogP contribution in [0.3, 0.4) is 0 Å². The monoisotopic (exact) mass is 242 g/mol. The topological polar surface area (TPSA) is 20.2 Å². The van der Waals surface area contributed by atoms with Gasteiger partial charge in [-0.1, -0.05) is 41.9 Å². The van der Waals surface area contributed by atoms with Gasteiger partial charge in [0.25, 0.3) is 0 Å². The summed E-state index contributed by atoms with van der Waals surface area (Å²) < 4.78 is 0. The zero-order valence-corrected chi connectivity index (χ0v) is 9.85. The predicted octanol–water partition coefficient (Wildman–Crippen LogP) is 3.72. The van der Waals surface area contributed by atoms with Crippen molar-refractivity contribution in [3.63, 3.8) is 0 Å². The maximum atomic E-state index is 9.86. The SMILES string of the molecule is Cc1c(CBr)ccc(C(C)C)c1O. The highest BCUT2D eigenvalue weighted by Gasteiger charge is 2.10. The van der Waals surface area contributed by atoms with Crippen molar-refractivity contribution in [3.05, 3.63) is 28.8 Å². The van der Waals surface area contributed by atoms with Gasteiger partial charge in [-0.3, -0.25) is 0 Å². The zero-order chi connectivity index (χ0) is 10.0. The van der Waals surface area contributed by atoms with Crippen LogP contribution in [0.5, 0.6) is 5.75 Å². The van der Waals surface area contributed by atoms with Crippen molar-refractivity contribution in [2.75, 3.05) is 0 Å². The highest BCUT2D eigenvalue weighted by Crippen LogP contribution is 2.31. The molecule has 0 radical (unpaired) electrons. The third-order valence-corrected chi connectivity index (χ3v) is 2.94. The van der Waals surface area contributed by atoms with Crippen LogP contribution < -0.4 is 0 Å². The maximum absolute atomic E-state index is 9.86. The summed E-state index contributed by atoms with van der Waals surface area (Å²) in [6.45, 7) is 6.13. The van der Waals surface area contributed by atoms with E-state index in [0.29, 0.717) is 11.7 Å². The van der Waals surface area contributed by atoms with Gasteiger partial charge in [-0.2, -0.15) is 0 Å². The van der Waals surface area contributed by atoms with Gasteiger partial charge in [0.1, 0.15) is 5.75 Å². The van der Waals surface area contributed by atoms with E-state index in [9.17, 15) is 5.11 Å². The first-order valence-electron chi connectivity index (χ1n) is 4.45. The number of alkyl halides is 1. The normalized spacial score (nSPS) is 10.8. The van der Waals surface area contributed by atoms with Crippen molar-refractivity contribution < 1.29 is 5.11 Å². The van der Waals surface area contributed by atoms with Gasteiger partial charge < -0.3 is 5.11 Å². The van der Waals surface area contributed by atoms with Crippen LogP contribution in [-0.4, -0.2) is 5.11 Å². The Morgan fingerprint density at radius 3 is 2.46 bits per heavy atom. The number of halogens is 1. The molecule has 13 heavy (non-hydrogen) atoms. The van der Waals surface area contributed by atoms with Crippen molar-refractivity contribution in [3.8, 4) is 5.75 Å². The third-order valence-electron chi connectivity index (χ3n) is 2.34. The van der Waals surface area contributed by atoms with Crippen molar-refractivity contribution in [2.24, 2.45) is 0 Å². The maximum Gasteiger partial charge on any atom is 0.122 e. The van der Waals surface area contributed by atoms with Crippen LogP contribution >= 0.6 is 15.9 Å². The summed E-state index contributed by atoms with van der Waals surface area (Å²) in [5.74, 6) is 0.829. The van der Waals surface area contributed by atoms with Crippen molar-refractivity contribution >= 4 is 15.9 Å². The summed E-state index contributed by atoms with van der Waals surface area (Å²) in [4.78, 5) is 0. The van der Waals surface area contributed by atoms with Crippen LogP contribution in [0, 0.1) is 6.92 Å². The first-order valence-corrected chi connectivity index (χ1v) is 5.57. The number of hydrogen-bond donors (Lipinski definition) is 1. The fraction of sp³-hybridized carbons (Fsp3) is 0.455. The molecule has 0 atom stereocenters. The van der Waals surface area contributed by atoms with Gasteiger partial charge in [0.05, 0.1) is 0 Å². The van der Waals surface area contributed by atoms with E-state index >= 15 is 0 Å². The van der Waals surface area contributed by atoms with E-state index < -0.39 is 0 Å². The van der Waals surface area contributed by atoms with E-state index in [1.807, 2.05) is 13.0 Å². The Balaban J connectivity index is 3.23. The molecular weight excluding hydrogens is 228 g/mol. The molecule has 0 saturated carbocycles. The molecule has 0 aliphatic heterocycles. The van der Waals surface area contributed by atoms with Gasteiger partial charge >= 0.3 is 0 Å². The molecule has 0 aliphatic carbocycles. The first kappa shape index (κ1) is 10.6. The number of phenols is 1. The number of hydrogen-bond acceptors (Lipinski definition) is 1. The smallest absolute Gasteiger partial charge is 0.122 e. The molecule has 1 N–H and O–H groups in total. The number of aromatic hydroxyl groups is 1. The summed E-state index contributed by atoms with van der Waals surface area (Å²) in [5.41, 5.74) is 3.17. The van der Waals surface area contributed by atoms with E-state index in [4.69, 9.17) is 0 Å². The molecule has 72 valence electrons. The number of benzene rings is 1. The van der Waals surface area contributed by atoms with Gasteiger partial charge in [-0.15, -0.1) is 0 Å². The molecular formula is C11H15BrO. The fourth-order valence-corrected chi connectivity index (χ4v) is 1.98. The van der Waals surface area contributed by atoms with Crippen LogP contribution in [0.4, 0.5) is 0 Å². The largest absolute Gasteiger partial charge is 0.507 e. The Hall–Kier alpha value is -0.500. The lowest BCUT2D eigenvalue weighted by Crippen LogP contribution is -1.93. The van der Waals surface area contributed by atoms with Gasteiger partial charge in [-0.05, 0) is 29.5 Å². The van der Waals surface area contributed by atoms with Crippen LogP contribution in [-0.2, 0) is 5.33 Å². The van der Waals surface area contributed by atoms with Crippen LogP contribution in [0.1, 0.15) is 36.5 Å². The molecule has 0 aromatic heterocycles. The average molecular weight is 243 g/mol. The molecule has 1 aromatic carbocycles. The summed E-state index contributed by atoms with van der Waals surface area (Å²) >= 11 is 3.39. The van der Waals surface area contributed by atoms with Crippen molar-refractivity contribution in [1.29, 1.82) is 0 Å². The van der Waals surface area contributed by atoms with E-state index in [-0.39, 0.29) is 0 Å². The Bertz CT molecular complexity index is 305. The Kier molecular flexibility index (Phi) is 3.37. The molecule has 0 saturated heterocycles. The standard InChI is InChI=1S/C11H15BrO/c1-7(2)10-5-4-9(6-12)8(3)11(10)13/h4-5,7,13H,6H2,1-3H3. The molecule has 0 bridgehead atoms. The van der Waals surface area contributed by atoms with E-state index in [0.717, 1.165) is 22.0 Å². The molecule has 0 unspecified atom stereocenters. The Morgan fingerprint density at radius 1 is 1.38 bits per heavy atom. The zero-order valence-electron chi connectivity index (χ0n) is 8.26. The van der Waals surface area contributed by atoms with Crippen LogP contribution in [0.2, 0.25) is 0 Å². The lowest BCUT2D eigenvalue weighted by atomic mass is 9.97. The summed E-state index contributed by atoms with van der Waals surface area (Å²) in [6, 6.07) is 4.07. The number of rotatable bonds is 2. The van der Waals surface area contributed by atoms with E-state index in [2.05, 4.69) is 35.8 Å². The molecule has 0 fully saturated rings. The predicted molar refractivity (Wildman–Crippen MR) is 59.6 cm³/mol. The van der Waals surface area contributed by atoms with Gasteiger partial charge in [0.2, 0.25) is 0 Å². The molecule has 0 spiro atoms. The lowest BCUT2D eigenvalue weighted by Gasteiger charge is -2.12. The summed E-state index contributed by atoms with van der Waals surface area (Å²) in [5, 5.41) is 10.7. The minimum atomic E-state index is 0.378. The molecule has 0 amide bonds. The Labute approximate surface area is 87.9 Å². The minimum absolute atomic E-state index is 0.378. The van der Waals surface area contributed by atoms with Crippen LogP contribution in [0.25, 0.3) is 0 Å². The summed E-state index contributed by atoms with van der Waals surface area (Å²) in [6.07, 6.45) is 0. The van der Waals surface area contributed by atoms with E-state index in [1.54, 1.807) is 0 Å². The minimum Gasteiger partial charge on any atom is -0.507 e. The van der Waals surface area contributed by atoms with Gasteiger partial charge in [0, 0.05) is 5.33 Å². The van der Waals surface area contributed by atoms with Gasteiger partial charge in [-0.25, -0.2) is 0 Å². The quantitative estimate of drug-likeness (QED) is 0.785. The van der Waals surface area contributed by atoms with E-state index in [1.165, 1.54) is 0 Å². The fourth-order valence-electron chi connectivity index (χ4n) is 1.37. The average Bonchev–Trinajstić information content (AvgIpc) is 2.09. The third kappa shape index (κ3) is 2.05. The molecule has 1 rings (SSSR count). The lowest BCUT2D eigenvalue weighted by molar-refractivity contribution is 0.460. The van der Waals surface area contributed by atoms with Crippen molar-refractivity contribution in [1.82, 2.24) is 0 Å². The highest BCUT2D eigenvalue weighted by atomic mass is 79.9. The molecule has 2 heteroatoms. The number of phenolic OH excluding ortho intramolecular Hbond substituents is 1. The first-order chi connectivity index (χ1) is 6.07. The second kappa shape index (κ2) is 4.14. The second-order valence-corrected chi connectivity index (χ2v) is 4.14. The van der Waals surface area contributed by atoms with Gasteiger partial charge in [0.15, 0.2) is 0 Å². The Morgan fingerprint density at radius 2 is 2.00 bits per heavy atom.